The van der Waals surface area contributed by atoms with E-state index in [1.54, 1.807) is 63.4 Å². The molecule has 1 unspecified atom stereocenters. The molecule has 1 aromatic heterocycles. The third-order valence-electron chi connectivity index (χ3n) is 5.51. The zero-order valence-corrected chi connectivity index (χ0v) is 19.0. The number of alkyl halides is 3. The van der Waals surface area contributed by atoms with Crippen LogP contribution in [-0.2, 0) is 5.41 Å². The summed E-state index contributed by atoms with van der Waals surface area (Å²) in [7, 11) is 1.43. The molecule has 0 aliphatic rings. The Labute approximate surface area is 189 Å². The van der Waals surface area contributed by atoms with E-state index in [0.717, 1.165) is 0 Å². The Morgan fingerprint density at radius 1 is 1.16 bits per heavy atom. The predicted molar refractivity (Wildman–Crippen MR) is 119 cm³/mol. The molecule has 172 valence electrons. The number of fused-ring (bicyclic) bond motifs is 1. The predicted octanol–water partition coefficient (Wildman–Crippen LogP) is 5.67. The van der Waals surface area contributed by atoms with Crippen LogP contribution in [-0.4, -0.2) is 40.5 Å². The van der Waals surface area contributed by atoms with Crippen LogP contribution in [0.25, 0.3) is 10.9 Å². The lowest BCUT2D eigenvalue weighted by Gasteiger charge is -2.38. The maximum atomic E-state index is 14.1. The van der Waals surface area contributed by atoms with Crippen molar-refractivity contribution in [2.45, 2.75) is 44.4 Å². The zero-order valence-electron chi connectivity index (χ0n) is 18.2. The molecule has 5 nitrogen and oxygen atoms in total. The van der Waals surface area contributed by atoms with Crippen molar-refractivity contribution in [2.75, 3.05) is 19.0 Å². The fourth-order valence-corrected chi connectivity index (χ4v) is 3.91. The molecule has 0 fully saturated rings. The molecule has 1 heterocycles. The normalized spacial score (nSPS) is 14.3. The second-order valence-corrected chi connectivity index (χ2v) is 8.86. The zero-order chi connectivity index (χ0) is 23.7. The van der Waals surface area contributed by atoms with Gasteiger partial charge in [-0.15, -0.1) is 0 Å². The summed E-state index contributed by atoms with van der Waals surface area (Å²) in [5.41, 5.74) is -2.46. The number of methoxy groups -OCH3 is 1. The standard InChI is InChI=1S/C23H25ClF3N3O2/c1-14-28-11-16-18(6-5-7-19(16)30-14)29-13-22(31,23(25,26)27)12-21(2,3)15-8-9-17(24)20(10-15)32-4/h5-11,29,31H,12-13H2,1-4H3. The Morgan fingerprint density at radius 3 is 2.53 bits per heavy atom. The van der Waals surface area contributed by atoms with Crippen LogP contribution in [0.5, 0.6) is 5.75 Å². The van der Waals surface area contributed by atoms with Gasteiger partial charge < -0.3 is 15.2 Å². The van der Waals surface area contributed by atoms with E-state index in [1.165, 1.54) is 7.11 Å². The maximum absolute atomic E-state index is 14.1. The van der Waals surface area contributed by atoms with Crippen molar-refractivity contribution in [3.63, 3.8) is 0 Å². The van der Waals surface area contributed by atoms with Crippen LogP contribution in [0.1, 0.15) is 31.7 Å². The number of nitrogens with zero attached hydrogens (tertiary/aromatic N) is 2. The second-order valence-electron chi connectivity index (χ2n) is 8.45. The van der Waals surface area contributed by atoms with E-state index in [-0.39, 0.29) is 0 Å². The molecule has 32 heavy (non-hydrogen) atoms. The van der Waals surface area contributed by atoms with Gasteiger partial charge in [-0.1, -0.05) is 37.6 Å². The quantitative estimate of drug-likeness (QED) is 0.468. The highest BCUT2D eigenvalue weighted by atomic mass is 35.5. The highest BCUT2D eigenvalue weighted by molar-refractivity contribution is 6.32. The molecule has 0 aliphatic heterocycles. The number of halogens is 4. The largest absolute Gasteiger partial charge is 0.495 e. The van der Waals surface area contributed by atoms with Crippen molar-refractivity contribution in [3.05, 3.63) is 59.0 Å². The Morgan fingerprint density at radius 2 is 1.88 bits per heavy atom. The topological polar surface area (TPSA) is 67.3 Å². The Bertz CT molecular complexity index is 1120. The number of aromatic nitrogens is 2. The number of aryl methyl sites for hydroxylation is 1. The minimum atomic E-state index is -4.87. The second kappa shape index (κ2) is 8.75. The fourth-order valence-electron chi connectivity index (χ4n) is 3.72. The van der Waals surface area contributed by atoms with Crippen molar-refractivity contribution < 1.29 is 23.0 Å². The first-order valence-electron chi connectivity index (χ1n) is 9.96. The first-order chi connectivity index (χ1) is 14.9. The summed E-state index contributed by atoms with van der Waals surface area (Å²) in [6.45, 7) is 4.27. The number of benzene rings is 2. The van der Waals surface area contributed by atoms with Crippen molar-refractivity contribution in [1.82, 2.24) is 9.97 Å². The number of nitrogens with one attached hydrogen (secondary N) is 1. The highest BCUT2D eigenvalue weighted by Gasteiger charge is 2.55. The number of anilines is 1. The van der Waals surface area contributed by atoms with E-state index in [4.69, 9.17) is 16.3 Å². The molecule has 0 saturated heterocycles. The van der Waals surface area contributed by atoms with Crippen LogP contribution in [0.3, 0.4) is 0 Å². The minimum Gasteiger partial charge on any atom is -0.495 e. The van der Waals surface area contributed by atoms with Crippen LogP contribution < -0.4 is 10.1 Å². The average molecular weight is 468 g/mol. The van der Waals surface area contributed by atoms with Gasteiger partial charge in [0.05, 0.1) is 24.2 Å². The van der Waals surface area contributed by atoms with Gasteiger partial charge in [0.25, 0.3) is 0 Å². The van der Waals surface area contributed by atoms with Crippen molar-refractivity contribution in [3.8, 4) is 5.75 Å². The van der Waals surface area contributed by atoms with E-state index in [1.807, 2.05) is 0 Å². The van der Waals surface area contributed by atoms with Gasteiger partial charge in [0.15, 0.2) is 5.60 Å². The van der Waals surface area contributed by atoms with E-state index < -0.39 is 30.2 Å². The van der Waals surface area contributed by atoms with Crippen LogP contribution in [0.4, 0.5) is 18.9 Å². The molecule has 9 heteroatoms. The van der Waals surface area contributed by atoms with Crippen molar-refractivity contribution >= 4 is 28.2 Å². The number of aliphatic hydroxyl groups is 1. The lowest BCUT2D eigenvalue weighted by molar-refractivity contribution is -0.260. The summed E-state index contributed by atoms with van der Waals surface area (Å²) in [6.07, 6.45) is -3.90. The Kier molecular flexibility index (Phi) is 6.58. The summed E-state index contributed by atoms with van der Waals surface area (Å²) >= 11 is 6.05. The molecule has 0 radical (unpaired) electrons. The smallest absolute Gasteiger partial charge is 0.418 e. The van der Waals surface area contributed by atoms with Crippen LogP contribution in [0.15, 0.2) is 42.6 Å². The summed E-state index contributed by atoms with van der Waals surface area (Å²) in [5, 5.41) is 14.5. The van der Waals surface area contributed by atoms with Gasteiger partial charge in [-0.25, -0.2) is 9.97 Å². The first-order valence-corrected chi connectivity index (χ1v) is 10.3. The molecule has 0 saturated carbocycles. The monoisotopic (exact) mass is 467 g/mol. The molecule has 1 atom stereocenters. The fraction of sp³-hybridized carbons (Fsp3) is 0.391. The summed E-state index contributed by atoms with van der Waals surface area (Å²) in [5.74, 6) is 0.915. The van der Waals surface area contributed by atoms with Crippen LogP contribution >= 0.6 is 11.6 Å². The minimum absolute atomic E-state index is 0.355. The van der Waals surface area contributed by atoms with Crippen LogP contribution in [0.2, 0.25) is 5.02 Å². The molecule has 0 aliphatic carbocycles. The number of ether oxygens (including phenoxy) is 1. The van der Waals surface area contributed by atoms with Gasteiger partial charge in [0, 0.05) is 17.3 Å². The average Bonchev–Trinajstić information content (AvgIpc) is 2.71. The van der Waals surface area contributed by atoms with E-state index in [2.05, 4.69) is 15.3 Å². The number of hydrogen-bond donors (Lipinski definition) is 2. The third-order valence-corrected chi connectivity index (χ3v) is 5.82. The van der Waals surface area contributed by atoms with E-state index in [9.17, 15) is 18.3 Å². The number of rotatable bonds is 7. The number of hydrogen-bond acceptors (Lipinski definition) is 5. The molecule has 2 N–H and O–H groups in total. The molecule has 3 rings (SSSR count). The van der Waals surface area contributed by atoms with Gasteiger partial charge in [-0.05, 0) is 48.6 Å². The Balaban J connectivity index is 1.90. The van der Waals surface area contributed by atoms with Gasteiger partial charge in [-0.2, -0.15) is 13.2 Å². The SMILES string of the molecule is COc1cc(C(C)(C)CC(O)(CNc2cccc3nc(C)ncc23)C(F)(F)F)ccc1Cl. The maximum Gasteiger partial charge on any atom is 0.418 e. The molecular formula is C23H25ClF3N3O2. The van der Waals surface area contributed by atoms with Gasteiger partial charge in [-0.3, -0.25) is 0 Å². The van der Waals surface area contributed by atoms with Gasteiger partial charge in [0.1, 0.15) is 11.6 Å². The third kappa shape index (κ3) is 4.91. The molecular weight excluding hydrogens is 443 g/mol. The molecule has 0 spiro atoms. The lowest BCUT2D eigenvalue weighted by Crippen LogP contribution is -2.53. The van der Waals surface area contributed by atoms with E-state index in [0.29, 0.717) is 38.8 Å². The highest BCUT2D eigenvalue weighted by Crippen LogP contribution is 2.42. The van der Waals surface area contributed by atoms with Crippen LogP contribution in [0, 0.1) is 6.92 Å². The summed E-state index contributed by atoms with van der Waals surface area (Å²) in [6, 6.07) is 9.87. The summed E-state index contributed by atoms with van der Waals surface area (Å²) in [4.78, 5) is 8.42. The molecule has 0 bridgehead atoms. The lowest BCUT2D eigenvalue weighted by atomic mass is 9.74. The van der Waals surface area contributed by atoms with E-state index >= 15 is 0 Å². The van der Waals surface area contributed by atoms with Gasteiger partial charge in [0.2, 0.25) is 0 Å². The summed E-state index contributed by atoms with van der Waals surface area (Å²) < 4.78 is 47.4. The van der Waals surface area contributed by atoms with Gasteiger partial charge >= 0.3 is 6.18 Å². The van der Waals surface area contributed by atoms with Crippen molar-refractivity contribution in [1.29, 1.82) is 0 Å². The molecule has 2 aromatic carbocycles. The first kappa shape index (κ1) is 24.1. The molecule has 0 amide bonds. The van der Waals surface area contributed by atoms with Crippen molar-refractivity contribution in [2.24, 2.45) is 0 Å². The molecule has 3 aromatic rings. The Hall–Kier alpha value is -2.58.